The highest BCUT2D eigenvalue weighted by molar-refractivity contribution is 4.97. The van der Waals surface area contributed by atoms with Crippen LogP contribution in [-0.4, -0.2) is 17.3 Å². The van der Waals surface area contributed by atoms with Crippen molar-refractivity contribution in [3.63, 3.8) is 0 Å². The summed E-state index contributed by atoms with van der Waals surface area (Å²) in [5.41, 5.74) is 6.23. The van der Waals surface area contributed by atoms with Crippen molar-refractivity contribution in [3.05, 3.63) is 11.7 Å². The normalized spacial score (nSPS) is 20.8. The van der Waals surface area contributed by atoms with E-state index in [1.54, 1.807) is 7.11 Å². The summed E-state index contributed by atoms with van der Waals surface area (Å²) in [6, 6.07) is -0.124. The molecule has 1 aliphatic rings. The van der Waals surface area contributed by atoms with Crippen LogP contribution in [0.4, 0.5) is 0 Å². The average Bonchev–Trinajstić information content (AvgIpc) is 2.90. The molecule has 1 heterocycles. The number of ether oxygens (including phenoxy) is 1. The number of hydrogen-bond acceptors (Lipinski definition) is 5. The molecule has 1 aliphatic carbocycles. The van der Waals surface area contributed by atoms with Gasteiger partial charge in [-0.05, 0) is 25.2 Å². The average molecular weight is 253 g/mol. The highest BCUT2D eigenvalue weighted by Crippen LogP contribution is 2.32. The fourth-order valence-electron chi connectivity index (χ4n) is 2.66. The van der Waals surface area contributed by atoms with Gasteiger partial charge in [-0.15, -0.1) is 0 Å². The Morgan fingerprint density at radius 2 is 2.11 bits per heavy atom. The first-order valence-corrected chi connectivity index (χ1v) is 6.88. The van der Waals surface area contributed by atoms with Crippen molar-refractivity contribution < 1.29 is 9.26 Å². The molecule has 2 N–H and O–H groups in total. The van der Waals surface area contributed by atoms with Gasteiger partial charge in [0.2, 0.25) is 11.7 Å². The van der Waals surface area contributed by atoms with E-state index in [4.69, 9.17) is 15.0 Å². The van der Waals surface area contributed by atoms with Gasteiger partial charge in [0.25, 0.3) is 0 Å². The molecule has 0 radical (unpaired) electrons. The molecule has 0 amide bonds. The Labute approximate surface area is 108 Å². The SMILES string of the molecule is CCC(OC)c1noc(C(N)C2CCCCC2)n1. The fourth-order valence-corrected chi connectivity index (χ4v) is 2.66. The minimum atomic E-state index is -0.124. The number of nitrogens with zero attached hydrogens (tertiary/aromatic N) is 2. The molecule has 5 heteroatoms. The molecule has 0 aromatic carbocycles. The molecule has 1 saturated carbocycles. The van der Waals surface area contributed by atoms with E-state index in [9.17, 15) is 0 Å². The van der Waals surface area contributed by atoms with Crippen LogP contribution >= 0.6 is 0 Å². The van der Waals surface area contributed by atoms with E-state index in [-0.39, 0.29) is 12.1 Å². The van der Waals surface area contributed by atoms with E-state index >= 15 is 0 Å². The quantitative estimate of drug-likeness (QED) is 0.873. The molecule has 0 saturated heterocycles. The van der Waals surface area contributed by atoms with Crippen LogP contribution < -0.4 is 5.73 Å². The summed E-state index contributed by atoms with van der Waals surface area (Å²) in [5.74, 6) is 1.66. The van der Waals surface area contributed by atoms with Crippen molar-refractivity contribution in [3.8, 4) is 0 Å². The Balaban J connectivity index is 2.04. The van der Waals surface area contributed by atoms with Crippen LogP contribution in [0.25, 0.3) is 0 Å². The smallest absolute Gasteiger partial charge is 0.243 e. The molecule has 1 aromatic heterocycles. The summed E-state index contributed by atoms with van der Waals surface area (Å²) < 4.78 is 10.6. The summed E-state index contributed by atoms with van der Waals surface area (Å²) in [6.07, 6.45) is 6.90. The summed E-state index contributed by atoms with van der Waals surface area (Å²) in [6.45, 7) is 2.03. The summed E-state index contributed by atoms with van der Waals surface area (Å²) >= 11 is 0. The van der Waals surface area contributed by atoms with Crippen LogP contribution in [0.2, 0.25) is 0 Å². The molecule has 0 bridgehead atoms. The van der Waals surface area contributed by atoms with E-state index in [0.29, 0.717) is 17.6 Å². The van der Waals surface area contributed by atoms with Crippen molar-refractivity contribution in [2.75, 3.05) is 7.11 Å². The minimum Gasteiger partial charge on any atom is -0.373 e. The number of rotatable bonds is 5. The third-order valence-electron chi connectivity index (χ3n) is 3.84. The van der Waals surface area contributed by atoms with Gasteiger partial charge in [0.05, 0.1) is 6.04 Å². The lowest BCUT2D eigenvalue weighted by Crippen LogP contribution is -2.23. The summed E-state index contributed by atoms with van der Waals surface area (Å²) in [5, 5.41) is 3.98. The van der Waals surface area contributed by atoms with Gasteiger partial charge in [0.1, 0.15) is 6.10 Å². The number of hydrogen-bond donors (Lipinski definition) is 1. The first-order chi connectivity index (χ1) is 8.76. The maximum absolute atomic E-state index is 6.23. The molecule has 1 aromatic rings. The Morgan fingerprint density at radius 1 is 1.39 bits per heavy atom. The lowest BCUT2D eigenvalue weighted by Gasteiger charge is -2.24. The van der Waals surface area contributed by atoms with Gasteiger partial charge in [0, 0.05) is 7.11 Å². The summed E-state index contributed by atoms with van der Waals surface area (Å²) in [4.78, 5) is 4.40. The molecule has 0 spiro atoms. The fraction of sp³-hybridized carbons (Fsp3) is 0.846. The molecule has 5 nitrogen and oxygen atoms in total. The van der Waals surface area contributed by atoms with E-state index in [1.165, 1.54) is 32.1 Å². The zero-order valence-corrected chi connectivity index (χ0v) is 11.3. The molecule has 0 aliphatic heterocycles. The van der Waals surface area contributed by atoms with Crippen LogP contribution in [0.5, 0.6) is 0 Å². The zero-order valence-electron chi connectivity index (χ0n) is 11.3. The van der Waals surface area contributed by atoms with E-state index in [1.807, 2.05) is 6.92 Å². The van der Waals surface area contributed by atoms with Crippen molar-refractivity contribution in [1.29, 1.82) is 0 Å². The summed E-state index contributed by atoms with van der Waals surface area (Å²) in [7, 11) is 1.66. The monoisotopic (exact) mass is 253 g/mol. The molecule has 102 valence electrons. The van der Waals surface area contributed by atoms with Crippen molar-refractivity contribution >= 4 is 0 Å². The van der Waals surface area contributed by atoms with Crippen LogP contribution in [-0.2, 0) is 4.74 Å². The van der Waals surface area contributed by atoms with Gasteiger partial charge in [0.15, 0.2) is 0 Å². The number of methoxy groups -OCH3 is 1. The first kappa shape index (κ1) is 13.5. The number of nitrogens with two attached hydrogens (primary N) is 1. The Kier molecular flexibility index (Phi) is 4.72. The predicted molar refractivity (Wildman–Crippen MR) is 67.8 cm³/mol. The van der Waals surface area contributed by atoms with Crippen LogP contribution in [0, 0.1) is 5.92 Å². The number of aromatic nitrogens is 2. The third-order valence-corrected chi connectivity index (χ3v) is 3.84. The lowest BCUT2D eigenvalue weighted by molar-refractivity contribution is 0.0903. The van der Waals surface area contributed by atoms with Crippen molar-refractivity contribution in [1.82, 2.24) is 10.1 Å². The van der Waals surface area contributed by atoms with Crippen LogP contribution in [0.15, 0.2) is 4.52 Å². The lowest BCUT2D eigenvalue weighted by atomic mass is 9.84. The van der Waals surface area contributed by atoms with Crippen molar-refractivity contribution in [2.24, 2.45) is 11.7 Å². The molecular formula is C13H23N3O2. The maximum atomic E-state index is 6.23. The second-order valence-corrected chi connectivity index (χ2v) is 5.05. The molecule has 18 heavy (non-hydrogen) atoms. The molecule has 2 rings (SSSR count). The Hall–Kier alpha value is -0.940. The third kappa shape index (κ3) is 2.90. The van der Waals surface area contributed by atoms with Gasteiger partial charge >= 0.3 is 0 Å². The largest absolute Gasteiger partial charge is 0.373 e. The van der Waals surface area contributed by atoms with E-state index in [0.717, 1.165) is 6.42 Å². The predicted octanol–water partition coefficient (Wildman–Crippen LogP) is 2.75. The van der Waals surface area contributed by atoms with E-state index in [2.05, 4.69) is 10.1 Å². The van der Waals surface area contributed by atoms with Gasteiger partial charge in [-0.25, -0.2) is 0 Å². The highest BCUT2D eigenvalue weighted by atomic mass is 16.5. The molecular weight excluding hydrogens is 230 g/mol. The Morgan fingerprint density at radius 3 is 2.72 bits per heavy atom. The molecule has 1 fully saturated rings. The van der Waals surface area contributed by atoms with Gasteiger partial charge in [-0.3, -0.25) is 0 Å². The standard InChI is InChI=1S/C13H23N3O2/c1-3-10(17-2)12-15-13(18-16-12)11(14)9-7-5-4-6-8-9/h9-11H,3-8,14H2,1-2H3. The van der Waals surface area contributed by atoms with Gasteiger partial charge < -0.3 is 15.0 Å². The second kappa shape index (κ2) is 6.29. The van der Waals surface area contributed by atoms with Crippen LogP contribution in [0.3, 0.4) is 0 Å². The minimum absolute atomic E-state index is 0.0962. The zero-order chi connectivity index (χ0) is 13.0. The molecule has 2 unspecified atom stereocenters. The molecule has 2 atom stereocenters. The highest BCUT2D eigenvalue weighted by Gasteiger charge is 2.27. The maximum Gasteiger partial charge on any atom is 0.243 e. The van der Waals surface area contributed by atoms with Crippen LogP contribution in [0.1, 0.15) is 69.3 Å². The van der Waals surface area contributed by atoms with Gasteiger partial charge in [-0.1, -0.05) is 31.3 Å². The van der Waals surface area contributed by atoms with Gasteiger partial charge in [-0.2, -0.15) is 4.98 Å². The van der Waals surface area contributed by atoms with E-state index < -0.39 is 0 Å². The first-order valence-electron chi connectivity index (χ1n) is 6.88. The Bertz CT molecular complexity index is 357. The topological polar surface area (TPSA) is 74.2 Å². The van der Waals surface area contributed by atoms with Crippen molar-refractivity contribution in [2.45, 2.75) is 57.6 Å². The second-order valence-electron chi connectivity index (χ2n) is 5.05.